The van der Waals surface area contributed by atoms with E-state index in [1.165, 1.54) is 27.6 Å². The van der Waals surface area contributed by atoms with Crippen molar-refractivity contribution in [1.29, 1.82) is 0 Å². The molecular formula is C26H29NO3. The Bertz CT molecular complexity index is 1140. The summed E-state index contributed by atoms with van der Waals surface area (Å²) in [7, 11) is 0. The Hall–Kier alpha value is -2.72. The van der Waals surface area contributed by atoms with E-state index in [1.807, 2.05) is 19.9 Å². The van der Waals surface area contributed by atoms with Crippen LogP contribution in [0.2, 0.25) is 0 Å². The van der Waals surface area contributed by atoms with E-state index in [1.54, 1.807) is 0 Å². The van der Waals surface area contributed by atoms with Gasteiger partial charge in [-0.05, 0) is 91.5 Å². The van der Waals surface area contributed by atoms with Crippen LogP contribution >= 0.6 is 0 Å². The highest BCUT2D eigenvalue weighted by molar-refractivity contribution is 5.91. The molecule has 2 heterocycles. The topological polar surface area (TPSA) is 59.4 Å². The molecule has 2 aliphatic rings. The van der Waals surface area contributed by atoms with Gasteiger partial charge in [0.15, 0.2) is 6.10 Å². The van der Waals surface area contributed by atoms with Gasteiger partial charge in [-0.3, -0.25) is 0 Å². The molecule has 4 heteroatoms. The Morgan fingerprint density at radius 2 is 2.03 bits per heavy atom. The quantitative estimate of drug-likeness (QED) is 0.746. The Morgan fingerprint density at radius 1 is 1.30 bits per heavy atom. The summed E-state index contributed by atoms with van der Waals surface area (Å²) in [5.74, 6) is -0.614. The number of allylic oxidation sites excluding steroid dienone is 1. The lowest BCUT2D eigenvalue weighted by molar-refractivity contribution is -0.151. The van der Waals surface area contributed by atoms with Gasteiger partial charge in [0.05, 0.1) is 11.2 Å². The van der Waals surface area contributed by atoms with E-state index in [0.29, 0.717) is 5.57 Å². The molecule has 1 atom stereocenters. The average molecular weight is 404 g/mol. The summed E-state index contributed by atoms with van der Waals surface area (Å²) in [5, 5.41) is 11.8. The van der Waals surface area contributed by atoms with Crippen LogP contribution in [0.3, 0.4) is 0 Å². The predicted molar refractivity (Wildman–Crippen MR) is 120 cm³/mol. The number of carbonyl (C=O) groups is 1. The number of cyclic esters (lactones) is 1. The van der Waals surface area contributed by atoms with Crippen molar-refractivity contribution in [3.63, 3.8) is 0 Å². The summed E-state index contributed by atoms with van der Waals surface area (Å²) in [6, 6.07) is 4.28. The second kappa shape index (κ2) is 7.84. The van der Waals surface area contributed by atoms with Crippen LogP contribution in [0.15, 0.2) is 41.5 Å². The Balaban J connectivity index is 1.94. The van der Waals surface area contributed by atoms with Crippen LogP contribution in [-0.4, -0.2) is 28.8 Å². The lowest BCUT2D eigenvalue weighted by atomic mass is 9.83. The van der Waals surface area contributed by atoms with Gasteiger partial charge >= 0.3 is 5.97 Å². The molecule has 4 rings (SSSR count). The van der Waals surface area contributed by atoms with Gasteiger partial charge in [0.2, 0.25) is 0 Å². The zero-order valence-electron chi connectivity index (χ0n) is 18.3. The van der Waals surface area contributed by atoms with Gasteiger partial charge in [0.1, 0.15) is 6.61 Å². The number of aryl methyl sites for hydroxylation is 3. The van der Waals surface area contributed by atoms with Gasteiger partial charge in [-0.15, -0.1) is 0 Å². The van der Waals surface area contributed by atoms with Crippen molar-refractivity contribution in [2.45, 2.75) is 59.5 Å². The molecule has 2 aromatic rings. The Kier molecular flexibility index (Phi) is 5.37. The van der Waals surface area contributed by atoms with Gasteiger partial charge in [-0.2, -0.15) is 0 Å². The average Bonchev–Trinajstić information content (AvgIpc) is 2.73. The number of hydrogen-bond acceptors (Lipinski definition) is 4. The van der Waals surface area contributed by atoms with E-state index in [9.17, 15) is 9.90 Å². The van der Waals surface area contributed by atoms with E-state index in [0.717, 1.165) is 53.6 Å². The maximum absolute atomic E-state index is 12.0. The monoisotopic (exact) mass is 403 g/mol. The summed E-state index contributed by atoms with van der Waals surface area (Å²) >= 11 is 0. The molecular weight excluding hydrogens is 374 g/mol. The zero-order chi connectivity index (χ0) is 21.6. The lowest BCUT2D eigenvalue weighted by Gasteiger charge is -2.25. The van der Waals surface area contributed by atoms with Crippen LogP contribution in [-0.2, 0) is 28.8 Å². The smallest absolute Gasteiger partial charge is 0.339 e. The molecule has 0 fully saturated rings. The van der Waals surface area contributed by atoms with Gasteiger partial charge in [-0.1, -0.05) is 31.2 Å². The second-order valence-electron chi connectivity index (χ2n) is 8.43. The van der Waals surface area contributed by atoms with Crippen molar-refractivity contribution in [2.75, 3.05) is 6.61 Å². The van der Waals surface area contributed by atoms with Crippen LogP contribution < -0.4 is 0 Å². The molecule has 0 spiro atoms. The minimum absolute atomic E-state index is 0.143. The first-order valence-electron chi connectivity index (χ1n) is 10.7. The lowest BCUT2D eigenvalue weighted by Crippen LogP contribution is -2.31. The molecule has 156 valence electrons. The maximum Gasteiger partial charge on any atom is 0.339 e. The molecule has 4 nitrogen and oxygen atoms in total. The number of aliphatic hydroxyl groups is 1. The molecule has 1 aliphatic carbocycles. The summed E-state index contributed by atoms with van der Waals surface area (Å²) < 4.78 is 5.10. The van der Waals surface area contributed by atoms with E-state index in [2.05, 4.69) is 32.6 Å². The minimum Gasteiger partial charge on any atom is -0.459 e. The van der Waals surface area contributed by atoms with Gasteiger partial charge in [-0.25, -0.2) is 9.78 Å². The fourth-order valence-corrected chi connectivity index (χ4v) is 4.83. The van der Waals surface area contributed by atoms with Crippen LogP contribution in [0, 0.1) is 6.92 Å². The van der Waals surface area contributed by atoms with Gasteiger partial charge < -0.3 is 9.84 Å². The number of aliphatic hydroxyl groups excluding tert-OH is 1. The highest BCUT2D eigenvalue weighted by Crippen LogP contribution is 2.37. The van der Waals surface area contributed by atoms with Crippen molar-refractivity contribution in [3.8, 4) is 0 Å². The number of ether oxygens (including phenoxy) is 1. The fourth-order valence-electron chi connectivity index (χ4n) is 4.83. The van der Waals surface area contributed by atoms with Crippen LogP contribution in [0.1, 0.15) is 55.1 Å². The molecule has 1 aromatic carbocycles. The standard InChI is InChI=1S/C26H29NO3/c1-6-17-19-9-7-8-18-15(4)10-11-22(23(18)19)27-24(17)16(5)12-20-21(14(2)3)13-30-26(29)25(20)28/h10-12,25,28H,2,6-9,13H2,1,3-5H3/b16-12+. The molecule has 0 saturated carbocycles. The molecule has 1 aliphatic heterocycles. The largest absolute Gasteiger partial charge is 0.459 e. The first-order valence-corrected chi connectivity index (χ1v) is 10.7. The van der Waals surface area contributed by atoms with Crippen molar-refractivity contribution in [2.24, 2.45) is 0 Å². The highest BCUT2D eigenvalue weighted by Gasteiger charge is 2.29. The number of carbonyl (C=O) groups excluding carboxylic acids is 1. The third kappa shape index (κ3) is 3.29. The summed E-state index contributed by atoms with van der Waals surface area (Å²) in [5.41, 5.74) is 10.5. The molecule has 1 unspecified atom stereocenters. The molecule has 0 radical (unpaired) electrons. The number of pyridine rings is 1. The first-order chi connectivity index (χ1) is 14.3. The zero-order valence-corrected chi connectivity index (χ0v) is 18.3. The summed E-state index contributed by atoms with van der Waals surface area (Å²) in [6.07, 6.45) is 4.82. The first kappa shape index (κ1) is 20.5. The van der Waals surface area contributed by atoms with Crippen molar-refractivity contribution in [3.05, 3.63) is 69.5 Å². The van der Waals surface area contributed by atoms with E-state index in [-0.39, 0.29) is 6.61 Å². The third-order valence-corrected chi connectivity index (χ3v) is 6.40. The fraction of sp³-hybridized carbons (Fsp3) is 0.385. The Morgan fingerprint density at radius 3 is 2.73 bits per heavy atom. The number of esters is 1. The number of hydrogen-bond donors (Lipinski definition) is 1. The van der Waals surface area contributed by atoms with E-state index < -0.39 is 12.1 Å². The van der Waals surface area contributed by atoms with E-state index >= 15 is 0 Å². The van der Waals surface area contributed by atoms with Gasteiger partial charge in [0, 0.05) is 5.39 Å². The highest BCUT2D eigenvalue weighted by atomic mass is 16.5. The molecule has 1 aromatic heterocycles. The SMILES string of the molecule is C=C(C)C1=C(/C=C(\C)c2nc3ccc(C)c4c3c(c2CC)CCC4)C(O)C(=O)OC1. The third-order valence-electron chi connectivity index (χ3n) is 6.40. The van der Waals surface area contributed by atoms with Crippen molar-refractivity contribution in [1.82, 2.24) is 4.98 Å². The van der Waals surface area contributed by atoms with Crippen molar-refractivity contribution >= 4 is 22.4 Å². The normalized spacial score (nSPS) is 19.3. The molecule has 30 heavy (non-hydrogen) atoms. The second-order valence-corrected chi connectivity index (χ2v) is 8.43. The van der Waals surface area contributed by atoms with E-state index in [4.69, 9.17) is 9.72 Å². The number of benzene rings is 1. The molecule has 0 saturated heterocycles. The van der Waals surface area contributed by atoms with Crippen LogP contribution in [0.25, 0.3) is 16.5 Å². The molecule has 1 N–H and O–H groups in total. The number of aromatic nitrogens is 1. The number of rotatable bonds is 4. The maximum atomic E-state index is 12.0. The van der Waals surface area contributed by atoms with Crippen LogP contribution in [0.4, 0.5) is 0 Å². The number of nitrogens with zero attached hydrogens (tertiary/aromatic N) is 1. The summed E-state index contributed by atoms with van der Waals surface area (Å²) in [6.45, 7) is 12.4. The minimum atomic E-state index is -1.29. The van der Waals surface area contributed by atoms with Crippen LogP contribution in [0.5, 0.6) is 0 Å². The molecule has 0 bridgehead atoms. The molecule has 0 amide bonds. The van der Waals surface area contributed by atoms with Gasteiger partial charge in [0.25, 0.3) is 0 Å². The Labute approximate surface area is 178 Å². The summed E-state index contributed by atoms with van der Waals surface area (Å²) in [4.78, 5) is 17.0. The van der Waals surface area contributed by atoms with Crippen molar-refractivity contribution < 1.29 is 14.6 Å². The predicted octanol–water partition coefficient (Wildman–Crippen LogP) is 4.79.